The number of carbonyl (C=O) groups excluding carboxylic acids is 1. The van der Waals surface area contributed by atoms with Crippen molar-refractivity contribution in [3.8, 4) is 0 Å². The number of nitrogens with zero attached hydrogens (tertiary/aromatic N) is 2. The number of amides is 1. The van der Waals surface area contributed by atoms with Crippen LogP contribution in [0.2, 0.25) is 0 Å². The highest BCUT2D eigenvalue weighted by Gasteiger charge is 2.10. The molecule has 0 bridgehead atoms. The molecule has 1 heterocycles. The molecule has 0 spiro atoms. The van der Waals surface area contributed by atoms with Crippen LogP contribution >= 0.6 is 0 Å². The number of rotatable bonds is 2. The van der Waals surface area contributed by atoms with Crippen molar-refractivity contribution in [3.63, 3.8) is 0 Å². The number of aryl methyl sites for hydroxylation is 1. The lowest BCUT2D eigenvalue weighted by Gasteiger charge is -2.07. The summed E-state index contributed by atoms with van der Waals surface area (Å²) in [4.78, 5) is 11.6. The highest BCUT2D eigenvalue weighted by Crippen LogP contribution is 2.19. The van der Waals surface area contributed by atoms with Gasteiger partial charge in [0.2, 0.25) is 0 Å². The van der Waals surface area contributed by atoms with E-state index in [2.05, 4.69) is 20.7 Å². The van der Waals surface area contributed by atoms with Crippen LogP contribution in [0.5, 0.6) is 0 Å². The minimum absolute atomic E-state index is 0.223. The van der Waals surface area contributed by atoms with Gasteiger partial charge in [-0.1, -0.05) is 6.07 Å². The van der Waals surface area contributed by atoms with Crippen LogP contribution in [-0.4, -0.2) is 21.3 Å². The number of nitrogen functional groups attached to an aromatic ring is 1. The van der Waals surface area contributed by atoms with E-state index in [0.29, 0.717) is 11.4 Å². The van der Waals surface area contributed by atoms with Crippen molar-refractivity contribution in [2.24, 2.45) is 0 Å². The van der Waals surface area contributed by atoms with Gasteiger partial charge < -0.3 is 11.1 Å². The third-order valence-corrected chi connectivity index (χ3v) is 2.10. The van der Waals surface area contributed by atoms with Crippen LogP contribution in [0.3, 0.4) is 0 Å². The number of anilines is 2. The molecule has 1 aromatic heterocycles. The molecule has 2 rings (SSSR count). The Hall–Kier alpha value is -2.37. The van der Waals surface area contributed by atoms with Gasteiger partial charge >= 0.3 is 0 Å². The Morgan fingerprint density at radius 3 is 3.00 bits per heavy atom. The summed E-state index contributed by atoms with van der Waals surface area (Å²) in [6.07, 6.45) is 1.35. The Kier molecular flexibility index (Phi) is 2.55. The van der Waals surface area contributed by atoms with E-state index in [4.69, 9.17) is 5.73 Å². The molecule has 2 aromatic rings. The number of nitrogens with two attached hydrogens (primary N) is 1. The molecule has 0 unspecified atom stereocenters. The number of carbonyl (C=O) groups is 1. The molecule has 1 amide bonds. The van der Waals surface area contributed by atoms with Gasteiger partial charge in [0.05, 0.1) is 17.6 Å². The number of benzene rings is 1. The van der Waals surface area contributed by atoms with Crippen molar-refractivity contribution < 1.29 is 4.79 Å². The average molecular weight is 217 g/mol. The Balaban J connectivity index is 2.21. The van der Waals surface area contributed by atoms with Crippen molar-refractivity contribution in [2.75, 3.05) is 11.1 Å². The number of H-pyrrole nitrogens is 1. The van der Waals surface area contributed by atoms with Crippen LogP contribution in [0.15, 0.2) is 24.4 Å². The summed E-state index contributed by atoms with van der Waals surface area (Å²) in [5.74, 6) is -0.342. The van der Waals surface area contributed by atoms with Crippen LogP contribution in [0.1, 0.15) is 16.1 Å². The highest BCUT2D eigenvalue weighted by molar-refractivity contribution is 6.04. The monoisotopic (exact) mass is 217 g/mol. The first kappa shape index (κ1) is 10.2. The summed E-state index contributed by atoms with van der Waals surface area (Å²) in [7, 11) is 0. The van der Waals surface area contributed by atoms with Gasteiger partial charge in [-0.15, -0.1) is 0 Å². The maximum atomic E-state index is 11.6. The fourth-order valence-corrected chi connectivity index (χ4v) is 1.28. The first-order valence-electron chi connectivity index (χ1n) is 4.70. The third kappa shape index (κ3) is 2.00. The van der Waals surface area contributed by atoms with Crippen molar-refractivity contribution in [1.82, 2.24) is 15.4 Å². The van der Waals surface area contributed by atoms with Crippen LogP contribution in [-0.2, 0) is 0 Å². The van der Waals surface area contributed by atoms with E-state index in [1.165, 1.54) is 6.20 Å². The molecule has 0 radical (unpaired) electrons. The number of nitrogens with one attached hydrogen (secondary N) is 2. The van der Waals surface area contributed by atoms with E-state index < -0.39 is 0 Å². The van der Waals surface area contributed by atoms with Gasteiger partial charge in [0, 0.05) is 0 Å². The molecule has 16 heavy (non-hydrogen) atoms. The van der Waals surface area contributed by atoms with E-state index in [9.17, 15) is 4.79 Å². The molecular formula is C10H11N5O. The van der Waals surface area contributed by atoms with Gasteiger partial charge in [-0.05, 0) is 24.6 Å². The van der Waals surface area contributed by atoms with E-state index in [0.717, 1.165) is 5.56 Å². The van der Waals surface area contributed by atoms with Gasteiger partial charge in [-0.3, -0.25) is 4.79 Å². The average Bonchev–Trinajstić information content (AvgIpc) is 2.76. The van der Waals surface area contributed by atoms with E-state index >= 15 is 0 Å². The predicted octanol–water partition coefficient (Wildman–Crippen LogP) is 0.948. The largest absolute Gasteiger partial charge is 0.397 e. The lowest BCUT2D eigenvalue weighted by molar-refractivity contribution is 0.102. The van der Waals surface area contributed by atoms with Crippen molar-refractivity contribution >= 4 is 17.3 Å². The quantitative estimate of drug-likeness (QED) is 0.652. The van der Waals surface area contributed by atoms with Gasteiger partial charge in [0.1, 0.15) is 0 Å². The molecule has 0 aliphatic heterocycles. The lowest BCUT2D eigenvalue weighted by atomic mass is 10.2. The topological polar surface area (TPSA) is 96.7 Å². The molecule has 82 valence electrons. The van der Waals surface area contributed by atoms with Crippen molar-refractivity contribution in [2.45, 2.75) is 6.92 Å². The SMILES string of the molecule is Cc1ccc(N)c(NC(=O)c2cn[nH]n2)c1. The summed E-state index contributed by atoms with van der Waals surface area (Å²) in [5.41, 5.74) is 8.07. The smallest absolute Gasteiger partial charge is 0.277 e. The van der Waals surface area contributed by atoms with Crippen LogP contribution in [0, 0.1) is 6.92 Å². The van der Waals surface area contributed by atoms with E-state index in [1.807, 2.05) is 13.0 Å². The fourth-order valence-electron chi connectivity index (χ4n) is 1.28. The van der Waals surface area contributed by atoms with Crippen molar-refractivity contribution in [3.05, 3.63) is 35.7 Å². The Morgan fingerprint density at radius 1 is 1.50 bits per heavy atom. The number of aromatic nitrogens is 3. The van der Waals surface area contributed by atoms with E-state index in [1.54, 1.807) is 12.1 Å². The molecule has 0 aliphatic carbocycles. The first-order chi connectivity index (χ1) is 7.66. The molecule has 0 atom stereocenters. The second-order valence-corrected chi connectivity index (χ2v) is 3.40. The zero-order valence-corrected chi connectivity index (χ0v) is 8.69. The minimum atomic E-state index is -0.342. The lowest BCUT2D eigenvalue weighted by Crippen LogP contribution is -2.13. The zero-order valence-electron chi connectivity index (χ0n) is 8.69. The summed E-state index contributed by atoms with van der Waals surface area (Å²) < 4.78 is 0. The minimum Gasteiger partial charge on any atom is -0.397 e. The maximum Gasteiger partial charge on any atom is 0.277 e. The molecule has 0 saturated carbocycles. The van der Waals surface area contributed by atoms with Gasteiger partial charge in [-0.2, -0.15) is 15.4 Å². The van der Waals surface area contributed by atoms with Crippen molar-refractivity contribution in [1.29, 1.82) is 0 Å². The number of aromatic amines is 1. The van der Waals surface area contributed by atoms with Crippen LogP contribution < -0.4 is 11.1 Å². The van der Waals surface area contributed by atoms with Crippen LogP contribution in [0.4, 0.5) is 11.4 Å². The molecule has 1 aromatic carbocycles. The normalized spacial score (nSPS) is 10.1. The third-order valence-electron chi connectivity index (χ3n) is 2.10. The molecule has 4 N–H and O–H groups in total. The zero-order chi connectivity index (χ0) is 11.5. The molecule has 0 saturated heterocycles. The van der Waals surface area contributed by atoms with Crippen LogP contribution in [0.25, 0.3) is 0 Å². The first-order valence-corrected chi connectivity index (χ1v) is 4.70. The number of hydrogen-bond donors (Lipinski definition) is 3. The Labute approximate surface area is 91.9 Å². The van der Waals surface area contributed by atoms with E-state index in [-0.39, 0.29) is 11.6 Å². The van der Waals surface area contributed by atoms with Gasteiger partial charge in [0.15, 0.2) is 5.69 Å². The Morgan fingerprint density at radius 2 is 2.31 bits per heavy atom. The maximum absolute atomic E-state index is 11.6. The second kappa shape index (κ2) is 4.01. The fraction of sp³-hybridized carbons (Fsp3) is 0.100. The molecule has 0 aliphatic rings. The highest BCUT2D eigenvalue weighted by atomic mass is 16.2. The number of hydrogen-bond acceptors (Lipinski definition) is 4. The summed E-state index contributed by atoms with van der Waals surface area (Å²) in [6.45, 7) is 1.92. The Bertz CT molecular complexity index is 506. The van der Waals surface area contributed by atoms with Gasteiger partial charge in [-0.25, -0.2) is 0 Å². The standard InChI is InChI=1S/C10H11N5O/c1-6-2-3-7(11)8(4-6)13-10(16)9-5-12-15-14-9/h2-5H,11H2,1H3,(H,13,16)(H,12,14,15). The molecule has 0 fully saturated rings. The summed E-state index contributed by atoms with van der Waals surface area (Å²) >= 11 is 0. The summed E-state index contributed by atoms with van der Waals surface area (Å²) in [6, 6.07) is 5.42. The summed E-state index contributed by atoms with van der Waals surface area (Å²) in [5, 5.41) is 12.3. The second-order valence-electron chi connectivity index (χ2n) is 3.40. The molecular weight excluding hydrogens is 206 g/mol. The van der Waals surface area contributed by atoms with Gasteiger partial charge in [0.25, 0.3) is 5.91 Å². The predicted molar refractivity (Wildman–Crippen MR) is 59.9 cm³/mol. The molecule has 6 nitrogen and oxygen atoms in total. The molecule has 6 heteroatoms.